The summed E-state index contributed by atoms with van der Waals surface area (Å²) >= 11 is 0. The molecule has 2 atom stereocenters. The highest BCUT2D eigenvalue weighted by atomic mass is 32.2. The van der Waals surface area contributed by atoms with Crippen LogP contribution < -0.4 is 13.8 Å². The fraction of sp³-hybridized carbons (Fsp3) is 0.317. The zero-order valence-electron chi connectivity index (χ0n) is 30.6. The Bertz CT molecular complexity index is 1970. The summed E-state index contributed by atoms with van der Waals surface area (Å²) < 4.78 is 64.1. The van der Waals surface area contributed by atoms with Crippen LogP contribution in [0.5, 0.6) is 5.75 Å². The van der Waals surface area contributed by atoms with E-state index in [-0.39, 0.29) is 24.5 Å². The molecule has 0 saturated carbocycles. The molecule has 0 saturated heterocycles. The summed E-state index contributed by atoms with van der Waals surface area (Å²) in [5, 5.41) is 12.1. The second-order valence-corrected chi connectivity index (χ2v) is 15.5. The van der Waals surface area contributed by atoms with Crippen molar-refractivity contribution in [3.05, 3.63) is 143 Å². The lowest BCUT2D eigenvalue weighted by atomic mass is 9.83. The van der Waals surface area contributed by atoms with E-state index in [1.165, 1.54) is 12.1 Å². The molecule has 13 heteroatoms. The Morgan fingerprint density at radius 1 is 0.944 bits per heavy atom. The predicted molar refractivity (Wildman–Crippen MR) is 203 cm³/mol. The van der Waals surface area contributed by atoms with Gasteiger partial charge in [-0.05, 0) is 61.9 Å². The highest BCUT2D eigenvalue weighted by Crippen LogP contribution is 2.44. The number of benzene rings is 4. The fourth-order valence-electron chi connectivity index (χ4n) is 6.35. The highest BCUT2D eigenvalue weighted by molar-refractivity contribution is 7.91. The van der Waals surface area contributed by atoms with Crippen molar-refractivity contribution < 1.29 is 41.7 Å². The number of fused-ring (bicyclic) bond motifs is 1. The molecule has 0 aliphatic heterocycles. The molecule has 286 valence electrons. The van der Waals surface area contributed by atoms with Crippen LogP contribution in [0.1, 0.15) is 61.1 Å². The van der Waals surface area contributed by atoms with Crippen molar-refractivity contribution in [2.75, 3.05) is 17.5 Å². The van der Waals surface area contributed by atoms with Crippen LogP contribution in [0.2, 0.25) is 0 Å². The molecule has 0 aromatic heterocycles. The second-order valence-electron chi connectivity index (χ2n) is 13.9. The van der Waals surface area contributed by atoms with E-state index in [2.05, 4.69) is 11.5 Å². The summed E-state index contributed by atoms with van der Waals surface area (Å²) in [5.74, 6) is -2.38. The Balaban J connectivity index is 1.63. The van der Waals surface area contributed by atoms with E-state index in [9.17, 15) is 23.1 Å². The molecule has 2 N–H and O–H groups in total. The first-order valence-corrected chi connectivity index (χ1v) is 19.0. The van der Waals surface area contributed by atoms with Crippen LogP contribution in [0.15, 0.2) is 110 Å². The van der Waals surface area contributed by atoms with Gasteiger partial charge in [0.2, 0.25) is 0 Å². The van der Waals surface area contributed by atoms with E-state index in [1.807, 2.05) is 66.7 Å². The standard InChI is InChI=1S/C41H46FN3O8S/c1-5-23-51-40(48)43-54(49,50)45(27-35(46)53-41(2,3)4)38-34(52-28-31-19-13-8-14-20-31)24-32-21-22-33(39(47)36(32)37(38)42)44(25-29-15-9-6-10-16-29)26-30-17-11-7-12-18-30/h5-20,24,33,39,47H,1,21-23,25-28H2,2-4H3,(H,43,48)/t33-,39+/m1/s1. The zero-order valence-corrected chi connectivity index (χ0v) is 31.4. The summed E-state index contributed by atoms with van der Waals surface area (Å²) in [4.78, 5) is 27.9. The first-order valence-electron chi connectivity index (χ1n) is 17.6. The molecule has 0 radical (unpaired) electrons. The highest BCUT2D eigenvalue weighted by Gasteiger charge is 2.41. The number of carbonyl (C=O) groups excluding carboxylic acids is 2. The molecular weight excluding hydrogens is 714 g/mol. The molecule has 0 spiro atoms. The van der Waals surface area contributed by atoms with Gasteiger partial charge >= 0.3 is 22.3 Å². The van der Waals surface area contributed by atoms with E-state index >= 15 is 4.39 Å². The smallest absolute Gasteiger partial charge is 0.422 e. The summed E-state index contributed by atoms with van der Waals surface area (Å²) in [5.41, 5.74) is 1.23. The molecule has 5 rings (SSSR count). The van der Waals surface area contributed by atoms with Crippen molar-refractivity contribution in [3.63, 3.8) is 0 Å². The van der Waals surface area contributed by atoms with Crippen molar-refractivity contribution in [3.8, 4) is 5.75 Å². The topological polar surface area (TPSA) is 135 Å². The molecule has 1 aliphatic rings. The molecule has 4 aromatic carbocycles. The van der Waals surface area contributed by atoms with Gasteiger partial charge in [-0.1, -0.05) is 104 Å². The van der Waals surface area contributed by atoms with Gasteiger partial charge in [0.05, 0.1) is 6.10 Å². The van der Waals surface area contributed by atoms with Crippen LogP contribution in [0.3, 0.4) is 0 Å². The number of halogens is 1. The van der Waals surface area contributed by atoms with Gasteiger partial charge in [0.15, 0.2) is 5.82 Å². The maximum Gasteiger partial charge on any atom is 0.422 e. The van der Waals surface area contributed by atoms with Crippen molar-refractivity contribution in [2.24, 2.45) is 0 Å². The summed E-state index contributed by atoms with van der Waals surface area (Å²) in [7, 11) is -5.08. The van der Waals surface area contributed by atoms with E-state index in [0.717, 1.165) is 11.1 Å². The predicted octanol–water partition coefficient (Wildman–Crippen LogP) is 6.76. The molecule has 11 nitrogen and oxygen atoms in total. The van der Waals surface area contributed by atoms with Crippen molar-refractivity contribution >= 4 is 28.0 Å². The van der Waals surface area contributed by atoms with Crippen molar-refractivity contribution in [1.29, 1.82) is 0 Å². The van der Waals surface area contributed by atoms with Gasteiger partial charge in [-0.15, -0.1) is 0 Å². The molecule has 54 heavy (non-hydrogen) atoms. The SMILES string of the molecule is C=CCOC(=O)NS(=O)(=O)N(CC(=O)OC(C)(C)C)c1c(OCc2ccccc2)cc2c(c1F)[C@@H](O)[C@H](N(Cc1ccccc1)Cc1ccccc1)CC2. The number of ether oxygens (including phenoxy) is 3. The van der Waals surface area contributed by atoms with E-state index < -0.39 is 58.1 Å². The Morgan fingerprint density at radius 3 is 2.04 bits per heavy atom. The second kappa shape index (κ2) is 17.7. The fourth-order valence-corrected chi connectivity index (χ4v) is 7.41. The Hall–Kier alpha value is -5.24. The van der Waals surface area contributed by atoms with Crippen LogP contribution in [-0.2, 0) is 50.6 Å². The molecule has 1 aliphatic carbocycles. The van der Waals surface area contributed by atoms with Crippen molar-refractivity contribution in [1.82, 2.24) is 9.62 Å². The Morgan fingerprint density at radius 2 is 1.50 bits per heavy atom. The molecule has 0 fully saturated rings. The quantitative estimate of drug-likeness (QED) is 0.0996. The monoisotopic (exact) mass is 759 g/mol. The average Bonchev–Trinajstić information content (AvgIpc) is 3.12. The molecule has 0 unspecified atom stereocenters. The largest absolute Gasteiger partial charge is 0.487 e. The lowest BCUT2D eigenvalue weighted by molar-refractivity contribution is -0.152. The molecule has 0 heterocycles. The maximum atomic E-state index is 17.5. The first-order chi connectivity index (χ1) is 25.8. The summed E-state index contributed by atoms with van der Waals surface area (Å²) in [6, 6.07) is 29.3. The number of nitrogens with zero attached hydrogens (tertiary/aromatic N) is 2. The summed E-state index contributed by atoms with van der Waals surface area (Å²) in [6.07, 6.45) is -0.811. The Kier molecular flexibility index (Phi) is 13.1. The maximum absolute atomic E-state index is 17.5. The van der Waals surface area contributed by atoms with Crippen LogP contribution >= 0.6 is 0 Å². The number of carbonyl (C=O) groups is 2. The van der Waals surface area contributed by atoms with Crippen LogP contribution in [0, 0.1) is 5.82 Å². The number of amides is 1. The van der Waals surface area contributed by atoms with Crippen LogP contribution in [-0.4, -0.2) is 55.3 Å². The number of aliphatic hydroxyl groups is 1. The van der Waals surface area contributed by atoms with E-state index in [1.54, 1.807) is 49.8 Å². The van der Waals surface area contributed by atoms with Gasteiger partial charge < -0.3 is 19.3 Å². The number of esters is 1. The minimum absolute atomic E-state index is 0.0890. The Labute approximate surface area is 316 Å². The summed E-state index contributed by atoms with van der Waals surface area (Å²) in [6.45, 7) is 7.65. The average molecular weight is 760 g/mol. The number of aliphatic hydroxyl groups excluding tert-OH is 1. The number of nitrogens with one attached hydrogen (secondary N) is 1. The van der Waals surface area contributed by atoms with Crippen LogP contribution in [0.4, 0.5) is 14.9 Å². The zero-order chi connectivity index (χ0) is 38.9. The van der Waals surface area contributed by atoms with Gasteiger partial charge in [-0.3, -0.25) is 9.69 Å². The van der Waals surface area contributed by atoms with E-state index in [0.29, 0.717) is 41.4 Å². The van der Waals surface area contributed by atoms with E-state index in [4.69, 9.17) is 14.2 Å². The third kappa shape index (κ3) is 10.5. The van der Waals surface area contributed by atoms with Gasteiger partial charge in [-0.25, -0.2) is 18.2 Å². The van der Waals surface area contributed by atoms with Crippen molar-refractivity contribution in [2.45, 2.75) is 71.1 Å². The minimum Gasteiger partial charge on any atom is -0.487 e. The number of hydrogen-bond donors (Lipinski definition) is 2. The normalized spacial score (nSPS) is 15.5. The third-order valence-electron chi connectivity index (χ3n) is 8.64. The van der Waals surface area contributed by atoms with Crippen LogP contribution in [0.25, 0.3) is 0 Å². The lowest BCUT2D eigenvalue weighted by Gasteiger charge is -2.40. The van der Waals surface area contributed by atoms with Gasteiger partial charge in [-0.2, -0.15) is 8.42 Å². The van der Waals surface area contributed by atoms with Gasteiger partial charge in [0.1, 0.15) is 36.8 Å². The first kappa shape index (κ1) is 40.0. The molecule has 4 aromatic rings. The number of anilines is 1. The van der Waals surface area contributed by atoms with Gasteiger partial charge in [0.25, 0.3) is 0 Å². The molecule has 0 bridgehead atoms. The van der Waals surface area contributed by atoms with Gasteiger partial charge in [0, 0.05) is 24.7 Å². The number of rotatable bonds is 15. The molecule has 1 amide bonds. The number of aryl methyl sites for hydroxylation is 1. The number of hydrogen-bond acceptors (Lipinski definition) is 9. The molecular formula is C41H46FN3O8S. The third-order valence-corrected chi connectivity index (χ3v) is 9.96. The minimum atomic E-state index is -5.08. The lowest BCUT2D eigenvalue weighted by Crippen LogP contribution is -2.48.